The van der Waals surface area contributed by atoms with Crippen molar-refractivity contribution in [2.24, 2.45) is 14.1 Å². The fourth-order valence-corrected chi connectivity index (χ4v) is 8.54. The van der Waals surface area contributed by atoms with Crippen LogP contribution in [0.25, 0.3) is 33.3 Å². The maximum Gasteiger partial charge on any atom is 0.330 e. The average Bonchev–Trinajstić information content (AvgIpc) is 3.84. The molecule has 2 aromatic carbocycles. The second-order valence-corrected chi connectivity index (χ2v) is 14.4. The summed E-state index contributed by atoms with van der Waals surface area (Å²) in [6.45, 7) is 4.09. The van der Waals surface area contributed by atoms with Gasteiger partial charge in [0.15, 0.2) is 0 Å². The summed E-state index contributed by atoms with van der Waals surface area (Å²) in [6, 6.07) is 15.2. The van der Waals surface area contributed by atoms with Gasteiger partial charge in [-0.05, 0) is 49.9 Å². The monoisotopic (exact) mass is 726 g/mol. The number of aryl methyl sites for hydroxylation is 3. The van der Waals surface area contributed by atoms with Crippen LogP contribution in [0, 0.1) is 6.92 Å². The summed E-state index contributed by atoms with van der Waals surface area (Å²) < 4.78 is 8.41. The quantitative estimate of drug-likeness (QED) is 0.210. The molecule has 2 saturated heterocycles. The molecule has 3 aromatic heterocycles. The van der Waals surface area contributed by atoms with Gasteiger partial charge < -0.3 is 20.7 Å². The molecule has 51 heavy (non-hydrogen) atoms. The van der Waals surface area contributed by atoms with Gasteiger partial charge in [-0.3, -0.25) is 18.8 Å². The number of likely N-dealkylation sites (tertiary alicyclic amines) is 1. The van der Waals surface area contributed by atoms with Crippen molar-refractivity contribution in [3.63, 3.8) is 0 Å². The Kier molecular flexibility index (Phi) is 8.08. The van der Waals surface area contributed by atoms with Gasteiger partial charge in [-0.2, -0.15) is 0 Å². The molecule has 2 atom stereocenters. The fraction of sp³-hybridized carbons (Fsp3) is 0.324. The first kappa shape index (κ1) is 33.2. The van der Waals surface area contributed by atoms with Crippen LogP contribution >= 0.6 is 23.2 Å². The van der Waals surface area contributed by atoms with E-state index in [9.17, 15) is 14.4 Å². The van der Waals surface area contributed by atoms with Gasteiger partial charge in [0.1, 0.15) is 11.2 Å². The zero-order valence-corrected chi connectivity index (χ0v) is 30.1. The Morgan fingerprint density at radius 2 is 1.73 bits per heavy atom. The Morgan fingerprint density at radius 3 is 2.47 bits per heavy atom. The van der Waals surface area contributed by atoms with Crippen LogP contribution in [0.15, 0.2) is 58.1 Å². The van der Waals surface area contributed by atoms with Crippen molar-refractivity contribution in [2.45, 2.75) is 37.8 Å². The molecule has 262 valence electrons. The number of benzene rings is 2. The zero-order valence-electron chi connectivity index (χ0n) is 28.6. The molecule has 0 bridgehead atoms. The number of fused-ring (bicyclic) bond motifs is 2. The number of methoxy groups -OCH3 is 1. The molecular formula is C37H36Cl2N8O4. The largest absolute Gasteiger partial charge is 0.481 e. The molecule has 2 amide bonds. The molecule has 0 radical (unpaired) electrons. The van der Waals surface area contributed by atoms with E-state index in [1.54, 1.807) is 33.2 Å². The molecule has 12 nitrogen and oxygen atoms in total. The van der Waals surface area contributed by atoms with Crippen molar-refractivity contribution in [1.29, 1.82) is 0 Å². The summed E-state index contributed by atoms with van der Waals surface area (Å²) in [7, 11) is 4.71. The molecule has 2 aliphatic heterocycles. The first-order chi connectivity index (χ1) is 24.5. The molecule has 0 saturated carbocycles. The van der Waals surface area contributed by atoms with Crippen LogP contribution in [0.4, 0.5) is 16.3 Å². The molecule has 5 aromatic rings. The summed E-state index contributed by atoms with van der Waals surface area (Å²) in [5.41, 5.74) is 5.58. The molecule has 3 aliphatic rings. The third-order valence-corrected chi connectivity index (χ3v) is 11.3. The van der Waals surface area contributed by atoms with Gasteiger partial charge in [-0.25, -0.2) is 19.6 Å². The Hall–Kier alpha value is -4.91. The number of hydrogen-bond donors (Lipinski definition) is 3. The Bertz CT molecular complexity index is 2410. The standard InChI is InChI=1S/C37H36Cl2N8O4/c1-19-15-27-29(34(48)46(3)36(50)45(27)2)32(41-19)42-24-10-6-8-22(31(24)39)21-7-5-9-23(30(21)38)25-16-20-11-12-26(28(20)33(43-25)51-4)47-14-13-37(18-47)17-40-35(49)44-37/h5-10,15-16,26H,11-14,17-18H2,1-4H3,(H,41,42)(H2,40,44,49). The van der Waals surface area contributed by atoms with Gasteiger partial charge in [0.05, 0.1) is 39.6 Å². The first-order valence-electron chi connectivity index (χ1n) is 16.8. The molecule has 1 spiro atoms. The summed E-state index contributed by atoms with van der Waals surface area (Å²) in [5.74, 6) is 0.869. The number of halogens is 2. The van der Waals surface area contributed by atoms with Crippen LogP contribution in [-0.4, -0.2) is 62.3 Å². The number of amides is 2. The van der Waals surface area contributed by atoms with Gasteiger partial charge in [-0.15, -0.1) is 0 Å². The van der Waals surface area contributed by atoms with E-state index in [2.05, 4.69) is 31.9 Å². The molecular weight excluding hydrogens is 691 g/mol. The lowest BCUT2D eigenvalue weighted by molar-refractivity contribution is 0.219. The van der Waals surface area contributed by atoms with Gasteiger partial charge in [-0.1, -0.05) is 53.5 Å². The third-order valence-electron chi connectivity index (χ3n) is 10.5. The summed E-state index contributed by atoms with van der Waals surface area (Å²) in [6.07, 6.45) is 2.70. The highest BCUT2D eigenvalue weighted by atomic mass is 35.5. The lowest BCUT2D eigenvalue weighted by Crippen LogP contribution is -2.46. The average molecular weight is 728 g/mol. The number of anilines is 2. The second-order valence-electron chi connectivity index (χ2n) is 13.6. The van der Waals surface area contributed by atoms with Crippen molar-refractivity contribution < 1.29 is 9.53 Å². The van der Waals surface area contributed by atoms with Crippen LogP contribution in [0.1, 0.15) is 35.7 Å². The number of rotatable bonds is 6. The third kappa shape index (κ3) is 5.44. The number of hydrogen-bond acceptors (Lipinski definition) is 8. The highest BCUT2D eigenvalue weighted by Gasteiger charge is 2.46. The van der Waals surface area contributed by atoms with E-state index in [4.69, 9.17) is 32.9 Å². The molecule has 2 fully saturated rings. The maximum atomic E-state index is 13.3. The molecule has 1 aliphatic carbocycles. The van der Waals surface area contributed by atoms with Crippen molar-refractivity contribution >= 4 is 51.6 Å². The Labute approximate surface area is 303 Å². The molecule has 8 rings (SSSR count). The van der Waals surface area contributed by atoms with Crippen LogP contribution in [0.3, 0.4) is 0 Å². The second kappa shape index (κ2) is 12.4. The number of carbonyl (C=O) groups excluding carboxylic acids is 1. The lowest BCUT2D eigenvalue weighted by Gasteiger charge is -2.28. The number of carbonyl (C=O) groups is 1. The smallest absolute Gasteiger partial charge is 0.330 e. The van der Waals surface area contributed by atoms with Crippen molar-refractivity contribution in [3.8, 4) is 28.3 Å². The first-order valence-corrected chi connectivity index (χ1v) is 17.5. The predicted octanol–water partition coefficient (Wildman–Crippen LogP) is 5.47. The number of pyridine rings is 2. The molecule has 3 N–H and O–H groups in total. The summed E-state index contributed by atoms with van der Waals surface area (Å²) in [4.78, 5) is 49.9. The van der Waals surface area contributed by atoms with Crippen LogP contribution in [0.5, 0.6) is 5.88 Å². The number of nitrogens with one attached hydrogen (secondary N) is 3. The van der Waals surface area contributed by atoms with Gasteiger partial charge in [0.2, 0.25) is 5.88 Å². The number of urea groups is 1. The Balaban J connectivity index is 1.14. The minimum Gasteiger partial charge on any atom is -0.481 e. The summed E-state index contributed by atoms with van der Waals surface area (Å²) >= 11 is 14.3. The highest BCUT2D eigenvalue weighted by Crippen LogP contribution is 2.47. The van der Waals surface area contributed by atoms with E-state index < -0.39 is 11.2 Å². The molecule has 2 unspecified atom stereocenters. The lowest BCUT2D eigenvalue weighted by atomic mass is 9.99. The number of aromatic nitrogens is 4. The fourth-order valence-electron chi connectivity index (χ4n) is 7.94. The number of ether oxygens (including phenoxy) is 1. The van der Waals surface area contributed by atoms with E-state index >= 15 is 0 Å². The normalized spacial score (nSPS) is 19.8. The van der Waals surface area contributed by atoms with Crippen LogP contribution in [0.2, 0.25) is 10.0 Å². The van der Waals surface area contributed by atoms with Crippen LogP contribution in [-0.2, 0) is 20.5 Å². The zero-order chi connectivity index (χ0) is 35.8. The van der Waals surface area contributed by atoms with Crippen molar-refractivity contribution in [1.82, 2.24) is 34.6 Å². The SMILES string of the molecule is COc1nc(-c2cccc(-c3cccc(Nc4nc(C)cc5c4c(=O)n(C)c(=O)n5C)c3Cl)c2Cl)cc2c1C(N1CCC3(CNC(=O)N3)C1)CC2. The van der Waals surface area contributed by atoms with Gasteiger partial charge in [0, 0.05) is 67.7 Å². The maximum absolute atomic E-state index is 13.3. The van der Waals surface area contributed by atoms with Crippen molar-refractivity contribution in [3.05, 3.63) is 96.2 Å². The Morgan fingerprint density at radius 1 is 0.980 bits per heavy atom. The van der Waals surface area contributed by atoms with Crippen molar-refractivity contribution in [2.75, 3.05) is 32.1 Å². The van der Waals surface area contributed by atoms with E-state index in [-0.39, 0.29) is 23.0 Å². The van der Waals surface area contributed by atoms with Crippen LogP contribution < -0.4 is 31.9 Å². The van der Waals surface area contributed by atoms with E-state index in [0.717, 1.165) is 48.0 Å². The topological polar surface area (TPSA) is 135 Å². The number of nitrogens with zero attached hydrogens (tertiary/aromatic N) is 5. The summed E-state index contributed by atoms with van der Waals surface area (Å²) in [5, 5.41) is 10.5. The highest BCUT2D eigenvalue weighted by molar-refractivity contribution is 6.39. The molecule has 5 heterocycles. The minimum absolute atomic E-state index is 0.103. The van der Waals surface area contributed by atoms with E-state index in [1.165, 1.54) is 17.2 Å². The minimum atomic E-state index is -0.460. The predicted molar refractivity (Wildman–Crippen MR) is 198 cm³/mol. The molecule has 14 heteroatoms. The van der Waals surface area contributed by atoms with Gasteiger partial charge in [0.25, 0.3) is 5.56 Å². The van der Waals surface area contributed by atoms with E-state index in [0.29, 0.717) is 62.0 Å². The van der Waals surface area contributed by atoms with Gasteiger partial charge >= 0.3 is 11.7 Å². The van der Waals surface area contributed by atoms with E-state index in [1.807, 2.05) is 30.3 Å².